The number of phenols is 1. The molecule has 0 saturated carbocycles. The maximum atomic E-state index is 12.7. The molecule has 21 heavy (non-hydrogen) atoms. The third-order valence-corrected chi connectivity index (χ3v) is 4.02. The van der Waals surface area contributed by atoms with Gasteiger partial charge in [0.05, 0.1) is 5.56 Å². The first kappa shape index (κ1) is 14.0. The van der Waals surface area contributed by atoms with Crippen LogP contribution in [0.25, 0.3) is 0 Å². The van der Waals surface area contributed by atoms with Crippen molar-refractivity contribution < 1.29 is 9.90 Å². The summed E-state index contributed by atoms with van der Waals surface area (Å²) in [5.74, 6) is -0.263. The number of nitrogens with zero attached hydrogens (tertiary/aromatic N) is 1. The van der Waals surface area contributed by atoms with Gasteiger partial charge in [0.15, 0.2) is 0 Å². The Labute approximate surface area is 128 Å². The number of rotatable bonds is 1. The summed E-state index contributed by atoms with van der Waals surface area (Å²) >= 11 is 5.82. The maximum Gasteiger partial charge on any atom is 0.262 e. The molecule has 0 bridgehead atoms. The Morgan fingerprint density at radius 1 is 1.24 bits per heavy atom. The fourth-order valence-electron chi connectivity index (χ4n) is 2.77. The van der Waals surface area contributed by atoms with Gasteiger partial charge in [-0.1, -0.05) is 29.3 Å². The van der Waals surface area contributed by atoms with Gasteiger partial charge < -0.3 is 10.0 Å². The Bertz CT molecular complexity index is 712. The topological polar surface area (TPSA) is 40.5 Å². The normalized spacial score (nSPS) is 13.9. The number of halogens is 1. The third kappa shape index (κ3) is 2.61. The molecule has 1 heterocycles. The fourth-order valence-corrected chi connectivity index (χ4v) is 2.93. The van der Waals surface area contributed by atoms with Crippen molar-refractivity contribution in [1.82, 2.24) is 0 Å². The summed E-state index contributed by atoms with van der Waals surface area (Å²) in [4.78, 5) is 14.4. The highest BCUT2D eigenvalue weighted by molar-refractivity contribution is 6.31. The van der Waals surface area contributed by atoms with Gasteiger partial charge in [-0.2, -0.15) is 0 Å². The third-order valence-electron chi connectivity index (χ3n) is 3.79. The molecule has 0 unspecified atom stereocenters. The van der Waals surface area contributed by atoms with Crippen LogP contribution in [0.5, 0.6) is 5.75 Å². The van der Waals surface area contributed by atoms with E-state index < -0.39 is 0 Å². The van der Waals surface area contributed by atoms with Crippen molar-refractivity contribution in [1.29, 1.82) is 0 Å². The van der Waals surface area contributed by atoms with Gasteiger partial charge in [0.1, 0.15) is 5.75 Å². The number of benzene rings is 2. The average molecular weight is 302 g/mol. The minimum atomic E-state index is -0.186. The van der Waals surface area contributed by atoms with Crippen LogP contribution in [-0.2, 0) is 6.42 Å². The highest BCUT2D eigenvalue weighted by atomic mass is 35.5. The first-order valence-corrected chi connectivity index (χ1v) is 7.34. The highest BCUT2D eigenvalue weighted by Crippen LogP contribution is 2.31. The molecule has 0 spiro atoms. The van der Waals surface area contributed by atoms with Crippen molar-refractivity contribution in [2.45, 2.75) is 19.8 Å². The highest BCUT2D eigenvalue weighted by Gasteiger charge is 2.25. The molecule has 1 aliphatic heterocycles. The summed E-state index contributed by atoms with van der Waals surface area (Å²) in [6.07, 6.45) is 1.91. The molecule has 0 aromatic heterocycles. The second kappa shape index (κ2) is 5.41. The molecule has 0 radical (unpaired) electrons. The van der Waals surface area contributed by atoms with E-state index in [1.807, 2.05) is 19.1 Å². The second-order valence-corrected chi connectivity index (χ2v) is 5.79. The molecule has 3 nitrogen and oxygen atoms in total. The number of hydrogen-bond donors (Lipinski definition) is 1. The van der Waals surface area contributed by atoms with Crippen LogP contribution in [0.1, 0.15) is 27.9 Å². The van der Waals surface area contributed by atoms with E-state index in [0.29, 0.717) is 11.6 Å². The Hall–Kier alpha value is -2.00. The minimum absolute atomic E-state index is 0.0771. The van der Waals surface area contributed by atoms with Crippen LogP contribution in [0.3, 0.4) is 0 Å². The maximum absolute atomic E-state index is 12.7. The number of amides is 1. The lowest BCUT2D eigenvalue weighted by Gasteiger charge is -2.30. The van der Waals surface area contributed by atoms with Gasteiger partial charge in [-0.3, -0.25) is 4.79 Å². The van der Waals surface area contributed by atoms with E-state index in [0.717, 1.165) is 18.5 Å². The van der Waals surface area contributed by atoms with E-state index >= 15 is 0 Å². The Morgan fingerprint density at radius 2 is 2.05 bits per heavy atom. The monoisotopic (exact) mass is 301 g/mol. The molecule has 0 saturated heterocycles. The van der Waals surface area contributed by atoms with Gasteiger partial charge in [0, 0.05) is 17.3 Å². The van der Waals surface area contributed by atoms with Crippen molar-refractivity contribution in [2.75, 3.05) is 11.4 Å². The summed E-state index contributed by atoms with van der Waals surface area (Å²) in [7, 11) is 0. The van der Waals surface area contributed by atoms with Crippen molar-refractivity contribution in [3.8, 4) is 5.75 Å². The van der Waals surface area contributed by atoms with Gasteiger partial charge >= 0.3 is 0 Å². The molecule has 4 heteroatoms. The van der Waals surface area contributed by atoms with E-state index in [2.05, 4.69) is 6.07 Å². The Kier molecular flexibility index (Phi) is 3.60. The fraction of sp³-hybridized carbons (Fsp3) is 0.235. The van der Waals surface area contributed by atoms with Crippen molar-refractivity contribution in [3.63, 3.8) is 0 Å². The lowest BCUT2D eigenvalue weighted by Crippen LogP contribution is -2.35. The summed E-state index contributed by atoms with van der Waals surface area (Å²) in [5, 5.41) is 10.4. The summed E-state index contributed by atoms with van der Waals surface area (Å²) < 4.78 is 0. The molecule has 0 fully saturated rings. The molecule has 0 atom stereocenters. The number of carbonyl (C=O) groups excluding carboxylic acids is 1. The summed E-state index contributed by atoms with van der Waals surface area (Å²) in [6, 6.07) is 10.7. The van der Waals surface area contributed by atoms with Gasteiger partial charge in [-0.25, -0.2) is 0 Å². The molecular weight excluding hydrogens is 286 g/mol. The van der Waals surface area contributed by atoms with E-state index in [-0.39, 0.29) is 17.2 Å². The summed E-state index contributed by atoms with van der Waals surface area (Å²) in [5.41, 5.74) is 3.60. The molecule has 1 amide bonds. The van der Waals surface area contributed by atoms with Crippen molar-refractivity contribution in [3.05, 3.63) is 58.1 Å². The van der Waals surface area contributed by atoms with Gasteiger partial charge in [-0.05, 0) is 49.6 Å². The zero-order valence-electron chi connectivity index (χ0n) is 11.8. The van der Waals surface area contributed by atoms with Crippen LogP contribution in [0.15, 0.2) is 36.4 Å². The van der Waals surface area contributed by atoms with Crippen molar-refractivity contribution in [2.24, 2.45) is 0 Å². The van der Waals surface area contributed by atoms with E-state index in [4.69, 9.17) is 11.6 Å². The molecule has 0 aliphatic carbocycles. The second-order valence-electron chi connectivity index (χ2n) is 5.35. The lowest BCUT2D eigenvalue weighted by atomic mass is 9.98. The number of hydrogen-bond acceptors (Lipinski definition) is 2. The standard InChI is InChI=1S/C17H16ClNO2/c1-11-4-7-15-12(9-11)3-2-8-19(15)17(21)14-6-5-13(18)10-16(14)20/h4-7,9-10,20H,2-3,8H2,1H3. The van der Waals surface area contributed by atoms with Crippen LogP contribution < -0.4 is 4.90 Å². The number of fused-ring (bicyclic) bond motifs is 1. The molecule has 1 N–H and O–H groups in total. The first-order valence-electron chi connectivity index (χ1n) is 6.96. The zero-order valence-corrected chi connectivity index (χ0v) is 12.5. The predicted octanol–water partition coefficient (Wildman–Crippen LogP) is 3.95. The van der Waals surface area contributed by atoms with Crippen LogP contribution >= 0.6 is 11.6 Å². The number of aromatic hydroxyl groups is 1. The van der Waals surface area contributed by atoms with Gasteiger partial charge in [-0.15, -0.1) is 0 Å². The number of carbonyl (C=O) groups is 1. The number of aryl methyl sites for hydroxylation is 2. The van der Waals surface area contributed by atoms with E-state index in [9.17, 15) is 9.90 Å². The van der Waals surface area contributed by atoms with Crippen LogP contribution in [0, 0.1) is 6.92 Å². The van der Waals surface area contributed by atoms with E-state index in [1.54, 1.807) is 17.0 Å². The summed E-state index contributed by atoms with van der Waals surface area (Å²) in [6.45, 7) is 2.71. The molecule has 2 aromatic rings. The SMILES string of the molecule is Cc1ccc2c(c1)CCCN2C(=O)c1ccc(Cl)cc1O. The average Bonchev–Trinajstić information content (AvgIpc) is 2.45. The van der Waals surface area contributed by atoms with Crippen molar-refractivity contribution >= 4 is 23.2 Å². The Balaban J connectivity index is 2.00. The van der Waals surface area contributed by atoms with Gasteiger partial charge in [0.25, 0.3) is 5.91 Å². The minimum Gasteiger partial charge on any atom is -0.507 e. The molecule has 1 aliphatic rings. The number of phenolic OH excluding ortho intramolecular Hbond substituents is 1. The molecular formula is C17H16ClNO2. The Morgan fingerprint density at radius 3 is 2.81 bits per heavy atom. The first-order chi connectivity index (χ1) is 10.1. The van der Waals surface area contributed by atoms with E-state index in [1.165, 1.54) is 17.2 Å². The molecule has 3 rings (SSSR count). The van der Waals surface area contributed by atoms with Crippen LogP contribution in [0.2, 0.25) is 5.02 Å². The van der Waals surface area contributed by atoms with Crippen LogP contribution in [-0.4, -0.2) is 17.6 Å². The number of anilines is 1. The van der Waals surface area contributed by atoms with Gasteiger partial charge in [0.2, 0.25) is 0 Å². The quantitative estimate of drug-likeness (QED) is 0.866. The molecule has 2 aromatic carbocycles. The lowest BCUT2D eigenvalue weighted by molar-refractivity contribution is 0.0982. The zero-order chi connectivity index (χ0) is 15.0. The predicted molar refractivity (Wildman–Crippen MR) is 84.3 cm³/mol. The van der Waals surface area contributed by atoms with Crippen LogP contribution in [0.4, 0.5) is 5.69 Å². The largest absolute Gasteiger partial charge is 0.507 e. The smallest absolute Gasteiger partial charge is 0.262 e. The molecule has 108 valence electrons.